The fraction of sp³-hybridized carbons (Fsp3) is 0.133. The summed E-state index contributed by atoms with van der Waals surface area (Å²) in [7, 11) is 0. The average Bonchev–Trinajstić information content (AvgIpc) is 3.22. The second kappa shape index (κ2) is 5.30. The summed E-state index contributed by atoms with van der Waals surface area (Å²) in [6, 6.07) is 6.22. The van der Waals surface area contributed by atoms with Gasteiger partial charge in [0.1, 0.15) is 18.5 Å². The minimum absolute atomic E-state index is 0.0162. The molecule has 0 saturated carbocycles. The maximum absolute atomic E-state index is 10.9. The number of hydrogen-bond acceptors (Lipinski definition) is 7. The predicted molar refractivity (Wildman–Crippen MR) is 86.8 cm³/mol. The smallest absolute Gasteiger partial charge is 0.269 e. The molecule has 0 spiro atoms. The Morgan fingerprint density at radius 2 is 2.08 bits per heavy atom. The summed E-state index contributed by atoms with van der Waals surface area (Å²) >= 11 is 0. The highest BCUT2D eigenvalue weighted by Crippen LogP contribution is 2.34. The largest absolute Gasteiger partial charge is 0.475 e. The normalized spacial score (nSPS) is 13.8. The number of aliphatic imine (C=N–C) groups is 1. The first-order valence-electron chi connectivity index (χ1n) is 7.19. The zero-order chi connectivity index (χ0) is 16.7. The van der Waals surface area contributed by atoms with E-state index in [2.05, 4.69) is 15.1 Å². The lowest BCUT2D eigenvalue weighted by Crippen LogP contribution is -2.01. The fourth-order valence-corrected chi connectivity index (χ4v) is 2.74. The molecular weight excluding hydrogens is 312 g/mol. The maximum Gasteiger partial charge on any atom is 0.269 e. The Morgan fingerprint density at radius 1 is 1.29 bits per heavy atom. The first-order chi connectivity index (χ1) is 11.6. The van der Waals surface area contributed by atoms with Crippen LogP contribution in [0.1, 0.15) is 5.56 Å². The minimum Gasteiger partial charge on any atom is -0.475 e. The zero-order valence-electron chi connectivity index (χ0n) is 12.4. The van der Waals surface area contributed by atoms with E-state index in [1.54, 1.807) is 22.8 Å². The van der Waals surface area contributed by atoms with Crippen LogP contribution in [0, 0.1) is 10.1 Å². The van der Waals surface area contributed by atoms with E-state index in [1.165, 1.54) is 18.5 Å². The monoisotopic (exact) mass is 324 g/mol. The Hall–Kier alpha value is -3.49. The molecule has 2 N–H and O–H groups in total. The summed E-state index contributed by atoms with van der Waals surface area (Å²) < 4.78 is 7.18. The highest BCUT2D eigenvalue weighted by Gasteiger charge is 2.23. The van der Waals surface area contributed by atoms with Crippen molar-refractivity contribution in [2.75, 3.05) is 18.9 Å². The van der Waals surface area contributed by atoms with Gasteiger partial charge in [-0.15, -0.1) is 0 Å². The Morgan fingerprint density at radius 3 is 2.75 bits per heavy atom. The Balaban J connectivity index is 1.98. The van der Waals surface area contributed by atoms with Crippen molar-refractivity contribution in [2.24, 2.45) is 4.99 Å². The Labute approximate surface area is 135 Å². The molecule has 3 heterocycles. The van der Waals surface area contributed by atoms with Gasteiger partial charge in [-0.3, -0.25) is 10.1 Å². The lowest BCUT2D eigenvalue weighted by atomic mass is 10.0. The maximum atomic E-state index is 10.9. The number of nitro benzene ring substituents is 1. The van der Waals surface area contributed by atoms with Gasteiger partial charge in [-0.05, 0) is 17.7 Å². The molecule has 0 saturated heterocycles. The molecule has 0 fully saturated rings. The molecule has 1 aromatic carbocycles. The number of hydrogen-bond donors (Lipinski definition) is 1. The summed E-state index contributed by atoms with van der Waals surface area (Å²) in [6.45, 7) is 1.10. The van der Waals surface area contributed by atoms with Gasteiger partial charge in [0.2, 0.25) is 5.90 Å². The number of nitrogen functional groups attached to an aromatic ring is 1. The van der Waals surface area contributed by atoms with Gasteiger partial charge in [-0.25, -0.2) is 14.5 Å². The van der Waals surface area contributed by atoms with Gasteiger partial charge in [0.05, 0.1) is 17.0 Å². The second-order valence-electron chi connectivity index (χ2n) is 5.20. The molecule has 24 heavy (non-hydrogen) atoms. The molecular formula is C15H12N6O3. The van der Waals surface area contributed by atoms with Gasteiger partial charge in [-0.1, -0.05) is 0 Å². The zero-order valence-corrected chi connectivity index (χ0v) is 12.4. The standard InChI is InChI=1S/C15H12N6O3/c16-14-13-12(9-1-3-10(4-2-9)21(22)23)11(15-17-5-6-24-15)7-20(13)19-8-18-14/h1-4,7-8H,5-6H2,(H2,16,18,19). The van der Waals surface area contributed by atoms with Crippen molar-refractivity contribution in [1.29, 1.82) is 0 Å². The number of aromatic nitrogens is 3. The highest BCUT2D eigenvalue weighted by molar-refractivity contribution is 6.07. The van der Waals surface area contributed by atoms with Crippen LogP contribution in [0.2, 0.25) is 0 Å². The molecule has 4 rings (SSSR count). The third-order valence-electron chi connectivity index (χ3n) is 3.78. The summed E-state index contributed by atoms with van der Waals surface area (Å²) in [4.78, 5) is 18.8. The number of fused-ring (bicyclic) bond motifs is 1. The van der Waals surface area contributed by atoms with Crippen LogP contribution < -0.4 is 5.73 Å². The van der Waals surface area contributed by atoms with Crippen LogP contribution in [0.15, 0.2) is 41.8 Å². The molecule has 0 atom stereocenters. The van der Waals surface area contributed by atoms with Crippen molar-refractivity contribution in [3.63, 3.8) is 0 Å². The molecule has 120 valence electrons. The van der Waals surface area contributed by atoms with Crippen LogP contribution in [0.4, 0.5) is 11.5 Å². The Kier molecular flexibility index (Phi) is 3.12. The molecule has 9 nitrogen and oxygen atoms in total. The molecule has 1 aliphatic heterocycles. The van der Waals surface area contributed by atoms with Crippen molar-refractivity contribution in [2.45, 2.75) is 0 Å². The van der Waals surface area contributed by atoms with Crippen LogP contribution in [0.3, 0.4) is 0 Å². The molecule has 9 heteroatoms. The molecule has 0 bridgehead atoms. The van der Waals surface area contributed by atoms with Crippen molar-refractivity contribution < 1.29 is 9.66 Å². The van der Waals surface area contributed by atoms with Crippen LogP contribution in [0.5, 0.6) is 0 Å². The lowest BCUT2D eigenvalue weighted by molar-refractivity contribution is -0.384. The molecule has 0 unspecified atom stereocenters. The van der Waals surface area contributed by atoms with E-state index < -0.39 is 4.92 Å². The van der Waals surface area contributed by atoms with E-state index in [4.69, 9.17) is 10.5 Å². The van der Waals surface area contributed by atoms with Gasteiger partial charge < -0.3 is 10.5 Å². The lowest BCUT2D eigenvalue weighted by Gasteiger charge is -2.06. The van der Waals surface area contributed by atoms with E-state index in [0.717, 1.165) is 16.7 Å². The van der Waals surface area contributed by atoms with Gasteiger partial charge in [0.25, 0.3) is 5.69 Å². The fourth-order valence-electron chi connectivity index (χ4n) is 2.74. The van der Waals surface area contributed by atoms with Crippen LogP contribution >= 0.6 is 0 Å². The highest BCUT2D eigenvalue weighted by atomic mass is 16.6. The van der Waals surface area contributed by atoms with Crippen molar-refractivity contribution in [3.05, 3.63) is 52.5 Å². The van der Waals surface area contributed by atoms with Gasteiger partial charge in [0.15, 0.2) is 5.82 Å². The van der Waals surface area contributed by atoms with Crippen LogP contribution in [-0.4, -0.2) is 38.6 Å². The minimum atomic E-state index is -0.440. The first kappa shape index (κ1) is 14.1. The number of nitro groups is 1. The number of anilines is 1. The predicted octanol–water partition coefficient (Wildman–Crippen LogP) is 1.66. The summed E-state index contributed by atoms with van der Waals surface area (Å²) in [5.41, 5.74) is 8.87. The number of nitrogens with zero attached hydrogens (tertiary/aromatic N) is 5. The third-order valence-corrected chi connectivity index (χ3v) is 3.78. The SMILES string of the molecule is Nc1ncnn2cc(C3=NCCO3)c(-c3ccc([N+](=O)[O-])cc3)c12. The summed E-state index contributed by atoms with van der Waals surface area (Å²) in [5, 5.41) is 15.0. The topological polar surface area (TPSA) is 121 Å². The second-order valence-corrected chi connectivity index (χ2v) is 5.20. The number of ether oxygens (including phenoxy) is 1. The van der Waals surface area contributed by atoms with E-state index in [1.807, 2.05) is 0 Å². The van der Waals surface area contributed by atoms with Crippen LogP contribution in [-0.2, 0) is 4.74 Å². The van der Waals surface area contributed by atoms with E-state index >= 15 is 0 Å². The average molecular weight is 324 g/mol. The van der Waals surface area contributed by atoms with Crippen molar-refractivity contribution in [3.8, 4) is 11.1 Å². The molecule has 0 aliphatic carbocycles. The number of benzene rings is 1. The van der Waals surface area contributed by atoms with Gasteiger partial charge in [0, 0.05) is 23.9 Å². The van der Waals surface area contributed by atoms with Gasteiger partial charge in [-0.2, -0.15) is 5.10 Å². The van der Waals surface area contributed by atoms with Crippen LogP contribution in [0.25, 0.3) is 16.6 Å². The summed E-state index contributed by atoms with van der Waals surface area (Å²) in [5.74, 6) is 0.816. The molecule has 0 radical (unpaired) electrons. The number of rotatable bonds is 3. The third kappa shape index (κ3) is 2.14. The van der Waals surface area contributed by atoms with Gasteiger partial charge >= 0.3 is 0 Å². The molecule has 3 aromatic rings. The van der Waals surface area contributed by atoms with E-state index in [9.17, 15) is 10.1 Å². The molecule has 0 amide bonds. The molecule has 1 aliphatic rings. The summed E-state index contributed by atoms with van der Waals surface area (Å²) in [6.07, 6.45) is 3.14. The quantitative estimate of drug-likeness (QED) is 0.577. The Bertz CT molecular complexity index is 977. The molecule has 2 aromatic heterocycles. The van der Waals surface area contributed by atoms with E-state index in [0.29, 0.717) is 30.4 Å². The van der Waals surface area contributed by atoms with Crippen molar-refractivity contribution >= 4 is 22.9 Å². The first-order valence-corrected chi connectivity index (χ1v) is 7.19. The van der Waals surface area contributed by atoms with E-state index in [-0.39, 0.29) is 5.69 Å². The number of non-ortho nitro benzene ring substituents is 1. The van der Waals surface area contributed by atoms with Crippen molar-refractivity contribution in [1.82, 2.24) is 14.6 Å². The number of nitrogens with two attached hydrogens (primary N) is 1.